The quantitative estimate of drug-likeness (QED) is 0.591. The van der Waals surface area contributed by atoms with E-state index in [9.17, 15) is 9.18 Å². The van der Waals surface area contributed by atoms with E-state index in [1.807, 2.05) is 0 Å². The molecule has 0 aliphatic heterocycles. The Kier molecular flexibility index (Phi) is 7.96. The molecule has 1 rings (SSSR count). The second-order valence-electron chi connectivity index (χ2n) is 5.18. The van der Waals surface area contributed by atoms with Crippen LogP contribution >= 0.6 is 0 Å². The van der Waals surface area contributed by atoms with E-state index in [-0.39, 0.29) is 18.3 Å². The van der Waals surface area contributed by atoms with Gasteiger partial charge in [-0.1, -0.05) is 19.1 Å². The Morgan fingerprint density at radius 1 is 1.18 bits per heavy atom. The van der Waals surface area contributed by atoms with Gasteiger partial charge in [0.25, 0.3) is 0 Å². The molecule has 0 saturated heterocycles. The zero-order valence-electron chi connectivity index (χ0n) is 13.5. The lowest BCUT2D eigenvalue weighted by Crippen LogP contribution is -2.39. The van der Waals surface area contributed by atoms with Gasteiger partial charge < -0.3 is 15.5 Å². The van der Waals surface area contributed by atoms with Crippen molar-refractivity contribution >= 4 is 11.9 Å². The predicted octanol–water partition coefficient (Wildman–Crippen LogP) is 1.40. The Labute approximate surface area is 131 Å². The van der Waals surface area contributed by atoms with Gasteiger partial charge >= 0.3 is 0 Å². The zero-order chi connectivity index (χ0) is 16.4. The summed E-state index contributed by atoms with van der Waals surface area (Å²) in [7, 11) is 3.41. The molecule has 6 heteroatoms. The van der Waals surface area contributed by atoms with Crippen molar-refractivity contribution in [3.8, 4) is 0 Å². The van der Waals surface area contributed by atoms with Crippen molar-refractivity contribution in [2.24, 2.45) is 4.99 Å². The number of likely N-dealkylation sites (N-methyl/N-ethyl adjacent to an activating group) is 1. The Hall–Kier alpha value is -2.11. The number of hydrogen-bond acceptors (Lipinski definition) is 2. The highest BCUT2D eigenvalue weighted by molar-refractivity contribution is 5.84. The van der Waals surface area contributed by atoms with Gasteiger partial charge in [0, 0.05) is 27.2 Å². The maximum atomic E-state index is 12.8. The molecule has 2 N–H and O–H groups in total. The van der Waals surface area contributed by atoms with Crippen LogP contribution in [0, 0.1) is 5.82 Å². The zero-order valence-corrected chi connectivity index (χ0v) is 13.5. The first kappa shape index (κ1) is 17.9. The van der Waals surface area contributed by atoms with Gasteiger partial charge in [0.05, 0.1) is 0 Å². The van der Waals surface area contributed by atoms with Crippen LogP contribution in [0.2, 0.25) is 0 Å². The van der Waals surface area contributed by atoms with Crippen molar-refractivity contribution < 1.29 is 9.18 Å². The molecular formula is C16H25FN4O. The SMILES string of the molecule is CCCNC(=NCC(=O)N(C)C)NCCc1ccc(F)cc1. The van der Waals surface area contributed by atoms with E-state index < -0.39 is 0 Å². The number of nitrogens with one attached hydrogen (secondary N) is 2. The molecule has 0 spiro atoms. The Bertz CT molecular complexity index is 485. The summed E-state index contributed by atoms with van der Waals surface area (Å²) in [6.07, 6.45) is 1.73. The highest BCUT2D eigenvalue weighted by Gasteiger charge is 2.04. The molecule has 122 valence electrons. The van der Waals surface area contributed by atoms with E-state index >= 15 is 0 Å². The fraction of sp³-hybridized carbons (Fsp3) is 0.500. The minimum Gasteiger partial charge on any atom is -0.356 e. The molecule has 0 fully saturated rings. The van der Waals surface area contributed by atoms with Gasteiger partial charge in [-0.15, -0.1) is 0 Å². The second-order valence-corrected chi connectivity index (χ2v) is 5.18. The lowest BCUT2D eigenvalue weighted by Gasteiger charge is -2.13. The third-order valence-corrected chi connectivity index (χ3v) is 3.03. The fourth-order valence-corrected chi connectivity index (χ4v) is 1.68. The molecule has 1 amide bonds. The Balaban J connectivity index is 2.48. The van der Waals surface area contributed by atoms with Crippen molar-refractivity contribution in [1.82, 2.24) is 15.5 Å². The van der Waals surface area contributed by atoms with Crippen LogP contribution < -0.4 is 10.6 Å². The van der Waals surface area contributed by atoms with Crippen LogP contribution in [-0.4, -0.2) is 50.5 Å². The summed E-state index contributed by atoms with van der Waals surface area (Å²) in [5.41, 5.74) is 1.05. The van der Waals surface area contributed by atoms with E-state index in [2.05, 4.69) is 22.5 Å². The van der Waals surface area contributed by atoms with Crippen LogP contribution in [0.3, 0.4) is 0 Å². The van der Waals surface area contributed by atoms with Crippen LogP contribution in [0.4, 0.5) is 4.39 Å². The number of hydrogen-bond donors (Lipinski definition) is 2. The molecule has 0 atom stereocenters. The molecule has 0 aliphatic carbocycles. The summed E-state index contributed by atoms with van der Waals surface area (Å²) in [5.74, 6) is 0.348. The first-order valence-electron chi connectivity index (χ1n) is 7.49. The normalized spacial score (nSPS) is 11.2. The molecule has 0 aliphatic rings. The molecular weight excluding hydrogens is 283 g/mol. The molecule has 0 aromatic heterocycles. The third kappa shape index (κ3) is 7.06. The number of guanidine groups is 1. The smallest absolute Gasteiger partial charge is 0.243 e. The topological polar surface area (TPSA) is 56.7 Å². The number of benzene rings is 1. The predicted molar refractivity (Wildman–Crippen MR) is 87.4 cm³/mol. The van der Waals surface area contributed by atoms with Crippen LogP contribution in [0.15, 0.2) is 29.3 Å². The van der Waals surface area contributed by atoms with Crippen molar-refractivity contribution in [3.05, 3.63) is 35.6 Å². The van der Waals surface area contributed by atoms with E-state index in [0.717, 1.165) is 24.9 Å². The van der Waals surface area contributed by atoms with E-state index in [4.69, 9.17) is 0 Å². The molecule has 0 saturated carbocycles. The van der Waals surface area contributed by atoms with Gasteiger partial charge in [0.2, 0.25) is 5.91 Å². The average Bonchev–Trinajstić information content (AvgIpc) is 2.50. The lowest BCUT2D eigenvalue weighted by molar-refractivity contribution is -0.127. The first-order valence-corrected chi connectivity index (χ1v) is 7.49. The molecule has 0 radical (unpaired) electrons. The number of nitrogens with zero attached hydrogens (tertiary/aromatic N) is 2. The number of amides is 1. The molecule has 0 unspecified atom stereocenters. The maximum Gasteiger partial charge on any atom is 0.243 e. The van der Waals surface area contributed by atoms with Crippen LogP contribution in [0.5, 0.6) is 0 Å². The lowest BCUT2D eigenvalue weighted by atomic mass is 10.1. The standard InChI is InChI=1S/C16H25FN4O/c1-4-10-18-16(20-12-15(22)21(2)3)19-11-9-13-5-7-14(17)8-6-13/h5-8H,4,9-12H2,1-3H3,(H2,18,19,20). The molecule has 1 aromatic carbocycles. The van der Waals surface area contributed by atoms with Crippen molar-refractivity contribution in [2.75, 3.05) is 33.7 Å². The Morgan fingerprint density at radius 2 is 1.82 bits per heavy atom. The van der Waals surface area contributed by atoms with Gasteiger partial charge in [0.15, 0.2) is 5.96 Å². The molecule has 1 aromatic rings. The van der Waals surface area contributed by atoms with E-state index in [0.29, 0.717) is 12.5 Å². The van der Waals surface area contributed by atoms with Crippen molar-refractivity contribution in [1.29, 1.82) is 0 Å². The van der Waals surface area contributed by atoms with Crippen molar-refractivity contribution in [3.63, 3.8) is 0 Å². The summed E-state index contributed by atoms with van der Waals surface area (Å²) in [6.45, 7) is 3.63. The third-order valence-electron chi connectivity index (χ3n) is 3.03. The molecule has 22 heavy (non-hydrogen) atoms. The largest absolute Gasteiger partial charge is 0.356 e. The molecule has 0 heterocycles. The number of rotatable bonds is 7. The summed E-state index contributed by atoms with van der Waals surface area (Å²) in [6, 6.07) is 6.44. The minimum atomic E-state index is -0.231. The summed E-state index contributed by atoms with van der Waals surface area (Å²) in [5, 5.41) is 6.35. The second kappa shape index (κ2) is 9.76. The summed E-state index contributed by atoms with van der Waals surface area (Å²) in [4.78, 5) is 17.4. The number of carbonyl (C=O) groups is 1. The summed E-state index contributed by atoms with van der Waals surface area (Å²) >= 11 is 0. The average molecular weight is 308 g/mol. The van der Waals surface area contributed by atoms with Gasteiger partial charge in [-0.05, 0) is 30.5 Å². The van der Waals surface area contributed by atoms with Crippen molar-refractivity contribution in [2.45, 2.75) is 19.8 Å². The molecule has 5 nitrogen and oxygen atoms in total. The van der Waals surface area contributed by atoms with Gasteiger partial charge in [-0.3, -0.25) is 4.79 Å². The van der Waals surface area contributed by atoms with Crippen LogP contribution in [-0.2, 0) is 11.2 Å². The van der Waals surface area contributed by atoms with E-state index in [1.54, 1.807) is 26.2 Å². The number of carbonyl (C=O) groups excluding carboxylic acids is 1. The number of halogens is 1. The van der Waals surface area contributed by atoms with Gasteiger partial charge in [-0.2, -0.15) is 0 Å². The first-order chi connectivity index (χ1) is 10.5. The number of aliphatic imine (C=N–C) groups is 1. The minimum absolute atomic E-state index is 0.0452. The highest BCUT2D eigenvalue weighted by Crippen LogP contribution is 2.02. The van der Waals surface area contributed by atoms with Gasteiger partial charge in [0.1, 0.15) is 12.4 Å². The van der Waals surface area contributed by atoms with Crippen LogP contribution in [0.25, 0.3) is 0 Å². The van der Waals surface area contributed by atoms with E-state index in [1.165, 1.54) is 17.0 Å². The van der Waals surface area contributed by atoms with Crippen LogP contribution in [0.1, 0.15) is 18.9 Å². The Morgan fingerprint density at radius 3 is 2.41 bits per heavy atom. The fourth-order valence-electron chi connectivity index (χ4n) is 1.68. The van der Waals surface area contributed by atoms with Gasteiger partial charge in [-0.25, -0.2) is 9.38 Å². The molecule has 0 bridgehead atoms. The maximum absolute atomic E-state index is 12.8. The summed E-state index contributed by atoms with van der Waals surface area (Å²) < 4.78 is 12.8. The monoisotopic (exact) mass is 308 g/mol. The highest BCUT2D eigenvalue weighted by atomic mass is 19.1.